The van der Waals surface area contributed by atoms with Crippen molar-refractivity contribution in [3.8, 4) is 44.5 Å². The second-order valence-electron chi connectivity index (χ2n) is 15.9. The topological polar surface area (TPSA) is 3.24 Å². The van der Waals surface area contributed by atoms with E-state index in [4.69, 9.17) is 0 Å². The minimum Gasteiger partial charge on any atom is -0.307 e. The molecule has 1 heterocycles. The minimum atomic E-state index is -1.80. The molecule has 0 atom stereocenters. The average molecular weight is 748 g/mol. The van der Waals surface area contributed by atoms with Gasteiger partial charge in [-0.3, -0.25) is 0 Å². The van der Waals surface area contributed by atoms with Gasteiger partial charge in [0.15, 0.2) is 0 Å². The van der Waals surface area contributed by atoms with Crippen LogP contribution in [0.25, 0.3) is 76.8 Å². The highest BCUT2D eigenvalue weighted by Gasteiger charge is 2.37. The number of para-hydroxylation sites is 1. The van der Waals surface area contributed by atoms with Crippen LogP contribution in [0.2, 0.25) is 13.1 Å². The molecular weight excluding hydrogens is 710 g/mol. The van der Waals surface area contributed by atoms with Gasteiger partial charge in [0.2, 0.25) is 0 Å². The summed E-state index contributed by atoms with van der Waals surface area (Å²) >= 11 is 0. The summed E-state index contributed by atoms with van der Waals surface area (Å²) in [4.78, 5) is 2.09. The first-order chi connectivity index (χ1) is 27.9. The molecule has 0 amide bonds. The van der Waals surface area contributed by atoms with Gasteiger partial charge in [0.25, 0.3) is 0 Å². The number of halogens is 1. The molecule has 1 nitrogen and oxygen atoms in total. The molecule has 0 bridgehead atoms. The van der Waals surface area contributed by atoms with E-state index in [1.165, 1.54) is 54.2 Å². The smallest absolute Gasteiger partial charge is 0.148 e. The summed E-state index contributed by atoms with van der Waals surface area (Å²) in [7, 11) is -1.80. The molecule has 3 heteroatoms. The van der Waals surface area contributed by atoms with Crippen molar-refractivity contribution in [3.05, 3.63) is 200 Å². The van der Waals surface area contributed by atoms with Gasteiger partial charge in [0.05, 0.1) is 5.69 Å². The van der Waals surface area contributed by atoms with Crippen LogP contribution >= 0.6 is 0 Å². The second-order valence-corrected chi connectivity index (χ2v) is 20.2. The number of hydrogen-bond donors (Lipinski definition) is 0. The first-order valence-corrected chi connectivity index (χ1v) is 22.7. The molecule has 0 spiro atoms. The van der Waals surface area contributed by atoms with Crippen molar-refractivity contribution in [1.29, 1.82) is 0 Å². The van der Waals surface area contributed by atoms with Crippen molar-refractivity contribution < 1.29 is 4.39 Å². The number of nitrogens with zero attached hydrogens (tertiary/aromatic N) is 1. The fourth-order valence-corrected chi connectivity index (χ4v) is 12.5. The molecule has 0 N–H and O–H groups in total. The van der Waals surface area contributed by atoms with Gasteiger partial charge in [-0.05, 0) is 130 Å². The number of anilines is 3. The molecule has 1 aliphatic rings. The Hall–Kier alpha value is -6.81. The first-order valence-electron chi connectivity index (χ1n) is 19.7. The van der Waals surface area contributed by atoms with Gasteiger partial charge >= 0.3 is 0 Å². The molecule has 11 rings (SSSR count). The van der Waals surface area contributed by atoms with Crippen molar-refractivity contribution in [2.75, 3.05) is 4.90 Å². The van der Waals surface area contributed by atoms with Gasteiger partial charge in [-0.2, -0.15) is 0 Å². The zero-order valence-corrected chi connectivity index (χ0v) is 32.8. The Labute approximate surface area is 333 Å². The lowest BCUT2D eigenvalue weighted by Gasteiger charge is -2.29. The molecule has 0 aromatic heterocycles. The van der Waals surface area contributed by atoms with E-state index in [0.29, 0.717) is 5.69 Å². The van der Waals surface area contributed by atoms with E-state index in [9.17, 15) is 0 Å². The summed E-state index contributed by atoms with van der Waals surface area (Å²) < 4.78 is 17.1. The Morgan fingerprint density at radius 1 is 0.368 bits per heavy atom. The lowest BCUT2D eigenvalue weighted by molar-refractivity contribution is 0.630. The largest absolute Gasteiger partial charge is 0.307 e. The van der Waals surface area contributed by atoms with Crippen LogP contribution in [0.1, 0.15) is 0 Å². The summed E-state index contributed by atoms with van der Waals surface area (Å²) in [5, 5.41) is 10.2. The number of hydrogen-bond acceptors (Lipinski definition) is 1. The van der Waals surface area contributed by atoms with Gasteiger partial charge in [0.1, 0.15) is 13.9 Å². The Morgan fingerprint density at radius 3 is 1.54 bits per heavy atom. The Kier molecular flexibility index (Phi) is 7.57. The third-order valence-corrected chi connectivity index (χ3v) is 15.7. The normalized spacial score (nSPS) is 13.0. The van der Waals surface area contributed by atoms with Crippen LogP contribution < -0.4 is 15.3 Å². The van der Waals surface area contributed by atoms with E-state index >= 15 is 4.39 Å². The summed E-state index contributed by atoms with van der Waals surface area (Å²) in [6, 6.07) is 68.5. The van der Waals surface area contributed by atoms with E-state index in [2.05, 4.69) is 139 Å². The Morgan fingerprint density at radius 2 is 0.895 bits per heavy atom. The van der Waals surface area contributed by atoms with Gasteiger partial charge < -0.3 is 4.90 Å². The van der Waals surface area contributed by atoms with Crippen molar-refractivity contribution in [2.24, 2.45) is 0 Å². The third-order valence-electron chi connectivity index (χ3n) is 12.2. The highest BCUT2D eigenvalue weighted by atomic mass is 28.3. The summed E-state index contributed by atoms with van der Waals surface area (Å²) in [6.07, 6.45) is 0. The molecule has 0 radical (unpaired) electrons. The highest BCUT2D eigenvalue weighted by molar-refractivity contribution is 7.03. The molecule has 1 aliphatic heterocycles. The van der Waals surface area contributed by atoms with E-state index in [-0.39, 0.29) is 5.82 Å². The Balaban J connectivity index is 1.07. The van der Waals surface area contributed by atoms with Crippen LogP contribution in [0.3, 0.4) is 0 Å². The number of benzene rings is 10. The van der Waals surface area contributed by atoms with Gasteiger partial charge in [0, 0.05) is 16.9 Å². The SMILES string of the molecule is C[Si]1(C)c2ccccc2-c2ccc(-c3cc4ccc5cc(N(c6ccccc6)c6c(F)cc(-c7ccccc7)cc6-c6ccccc6)cc6ccc(c3)c4c56)cc21. The second kappa shape index (κ2) is 12.9. The number of fused-ring (bicyclic) bond motifs is 3. The lowest BCUT2D eigenvalue weighted by atomic mass is 9.90. The fourth-order valence-electron chi connectivity index (χ4n) is 9.45. The van der Waals surface area contributed by atoms with Crippen LogP contribution in [0.5, 0.6) is 0 Å². The molecular formula is C54H38FNSi. The molecule has 0 aliphatic carbocycles. The molecule has 0 unspecified atom stereocenters. The zero-order valence-electron chi connectivity index (χ0n) is 31.8. The fraction of sp³-hybridized carbons (Fsp3) is 0.0370. The number of rotatable bonds is 6. The van der Waals surface area contributed by atoms with E-state index in [1.54, 1.807) is 6.07 Å². The van der Waals surface area contributed by atoms with Crippen molar-refractivity contribution in [1.82, 2.24) is 0 Å². The van der Waals surface area contributed by atoms with E-state index < -0.39 is 8.07 Å². The van der Waals surface area contributed by atoms with E-state index in [0.717, 1.165) is 44.4 Å². The van der Waals surface area contributed by atoms with Crippen molar-refractivity contribution in [3.63, 3.8) is 0 Å². The van der Waals surface area contributed by atoms with Crippen LogP contribution in [-0.4, -0.2) is 8.07 Å². The summed E-state index contributed by atoms with van der Waals surface area (Å²) in [5.74, 6) is -0.279. The Bertz CT molecular complexity index is 3090. The maximum absolute atomic E-state index is 17.1. The molecule has 0 fully saturated rings. The van der Waals surface area contributed by atoms with Gasteiger partial charge in [-0.25, -0.2) is 4.39 Å². The summed E-state index contributed by atoms with van der Waals surface area (Å²) in [6.45, 7) is 4.96. The maximum Gasteiger partial charge on any atom is 0.148 e. The van der Waals surface area contributed by atoms with Crippen LogP contribution in [0.4, 0.5) is 21.5 Å². The van der Waals surface area contributed by atoms with Crippen molar-refractivity contribution in [2.45, 2.75) is 13.1 Å². The van der Waals surface area contributed by atoms with Crippen LogP contribution in [-0.2, 0) is 0 Å². The molecule has 10 aromatic rings. The predicted octanol–water partition coefficient (Wildman–Crippen LogP) is 14.0. The maximum atomic E-state index is 17.1. The first kappa shape index (κ1) is 33.5. The molecule has 270 valence electrons. The average Bonchev–Trinajstić information content (AvgIpc) is 3.49. The quantitative estimate of drug-likeness (QED) is 0.121. The standard InChI is InChI=1S/C54H38FNSi/c1-57(2)50-21-13-12-20-46(50)47-27-26-37(34-51(47)57)42-28-38-22-24-40-30-45(31-41-25-23-39(29-42)52(38)53(40)41)56(44-18-10-5-11-19-44)54-48(36-16-8-4-9-17-36)32-43(33-49(54)55)35-14-6-3-7-15-35/h3-34H,1-2H3. The summed E-state index contributed by atoms with van der Waals surface area (Å²) in [5.41, 5.74) is 11.2. The molecule has 0 saturated heterocycles. The lowest BCUT2D eigenvalue weighted by Crippen LogP contribution is -2.49. The monoisotopic (exact) mass is 747 g/mol. The zero-order chi connectivity index (χ0) is 38.3. The van der Waals surface area contributed by atoms with E-state index in [1.807, 2.05) is 66.7 Å². The minimum absolute atomic E-state index is 0.279. The molecule has 57 heavy (non-hydrogen) atoms. The van der Waals surface area contributed by atoms with Crippen LogP contribution in [0.15, 0.2) is 194 Å². The van der Waals surface area contributed by atoms with Gasteiger partial charge in [-0.15, -0.1) is 0 Å². The highest BCUT2D eigenvalue weighted by Crippen LogP contribution is 2.47. The molecule has 0 saturated carbocycles. The predicted molar refractivity (Wildman–Crippen MR) is 243 cm³/mol. The van der Waals surface area contributed by atoms with Crippen molar-refractivity contribution >= 4 is 67.8 Å². The van der Waals surface area contributed by atoms with Crippen LogP contribution in [0, 0.1) is 5.82 Å². The molecule has 10 aromatic carbocycles. The van der Waals surface area contributed by atoms with Gasteiger partial charge in [-0.1, -0.05) is 159 Å². The third kappa shape index (κ3) is 5.34.